The fraction of sp³-hybridized carbons (Fsp3) is 0.0625. The molecule has 3 aromatic rings. The van der Waals surface area contributed by atoms with Gasteiger partial charge in [-0.2, -0.15) is 0 Å². The van der Waals surface area contributed by atoms with E-state index >= 15 is 0 Å². The molecule has 1 aromatic heterocycles. The number of halogens is 2. The number of carbonyl (C=O) groups excluding carboxylic acids is 1. The van der Waals surface area contributed by atoms with Crippen LogP contribution in [0.3, 0.4) is 0 Å². The molecule has 0 saturated heterocycles. The predicted molar refractivity (Wildman–Crippen MR) is 85.5 cm³/mol. The van der Waals surface area contributed by atoms with E-state index in [9.17, 15) is 4.79 Å². The Labute approximate surface area is 129 Å². The van der Waals surface area contributed by atoms with E-state index in [1.165, 1.54) is 0 Å². The second-order valence-corrected chi connectivity index (χ2v) is 5.82. The molecule has 4 heteroatoms. The van der Waals surface area contributed by atoms with Crippen molar-refractivity contribution in [2.45, 2.75) is 6.42 Å². The molecule has 0 spiro atoms. The Balaban J connectivity index is 2.00. The number of aromatic nitrogens is 1. The van der Waals surface area contributed by atoms with Crippen molar-refractivity contribution in [3.8, 4) is 0 Å². The molecule has 0 saturated carbocycles. The van der Waals surface area contributed by atoms with Crippen LogP contribution in [0.25, 0.3) is 10.9 Å². The van der Waals surface area contributed by atoms with Crippen molar-refractivity contribution >= 4 is 44.2 Å². The number of carbonyl (C=O) groups is 1. The third kappa shape index (κ3) is 2.39. The summed E-state index contributed by atoms with van der Waals surface area (Å²) in [4.78, 5) is 15.6. The van der Waals surface area contributed by atoms with Gasteiger partial charge in [0.25, 0.3) is 0 Å². The van der Waals surface area contributed by atoms with E-state index in [1.807, 2.05) is 36.4 Å². The van der Waals surface area contributed by atoms with Gasteiger partial charge in [0.2, 0.25) is 0 Å². The molecule has 1 heterocycles. The van der Waals surface area contributed by atoms with E-state index in [2.05, 4.69) is 20.9 Å². The molecule has 100 valence electrons. The van der Waals surface area contributed by atoms with Gasteiger partial charge in [0, 0.05) is 38.6 Å². The number of ketones is 1. The third-order valence-corrected chi connectivity index (χ3v) is 4.29. The highest BCUT2D eigenvalue weighted by Crippen LogP contribution is 2.28. The van der Waals surface area contributed by atoms with Crippen LogP contribution in [0.4, 0.5) is 0 Å². The summed E-state index contributed by atoms with van der Waals surface area (Å²) >= 11 is 9.61. The SMILES string of the molecule is O=C(Cc1ccccc1Cl)c1c[nH]c2cccc(Br)c12. The summed E-state index contributed by atoms with van der Waals surface area (Å²) in [5.41, 5.74) is 2.48. The second-order valence-electron chi connectivity index (χ2n) is 4.56. The van der Waals surface area contributed by atoms with Crippen molar-refractivity contribution in [3.63, 3.8) is 0 Å². The zero-order valence-electron chi connectivity index (χ0n) is 10.5. The van der Waals surface area contributed by atoms with Crippen molar-refractivity contribution in [1.82, 2.24) is 4.98 Å². The number of rotatable bonds is 3. The molecule has 3 rings (SSSR count). The number of hydrogen-bond acceptors (Lipinski definition) is 1. The average molecular weight is 349 g/mol. The number of benzene rings is 2. The minimum atomic E-state index is 0.0521. The molecule has 0 unspecified atom stereocenters. The quantitative estimate of drug-likeness (QED) is 0.663. The van der Waals surface area contributed by atoms with Crippen molar-refractivity contribution < 1.29 is 4.79 Å². The van der Waals surface area contributed by atoms with E-state index in [0.717, 1.165) is 20.9 Å². The number of nitrogens with one attached hydrogen (secondary N) is 1. The van der Waals surface area contributed by atoms with E-state index < -0.39 is 0 Å². The summed E-state index contributed by atoms with van der Waals surface area (Å²) in [5, 5.41) is 1.55. The molecule has 0 atom stereocenters. The van der Waals surface area contributed by atoms with Gasteiger partial charge in [-0.3, -0.25) is 4.79 Å². The molecule has 0 aliphatic rings. The lowest BCUT2D eigenvalue weighted by Crippen LogP contribution is -2.03. The van der Waals surface area contributed by atoms with E-state index in [1.54, 1.807) is 12.3 Å². The van der Waals surface area contributed by atoms with Gasteiger partial charge >= 0.3 is 0 Å². The maximum atomic E-state index is 12.5. The van der Waals surface area contributed by atoms with Crippen molar-refractivity contribution in [2.75, 3.05) is 0 Å². The molecule has 0 bridgehead atoms. The Bertz CT molecular complexity index is 794. The molecular weight excluding hydrogens is 338 g/mol. The van der Waals surface area contributed by atoms with Crippen LogP contribution in [0.5, 0.6) is 0 Å². The van der Waals surface area contributed by atoms with Gasteiger partial charge in [-0.05, 0) is 23.8 Å². The first kappa shape index (κ1) is 13.4. The zero-order valence-corrected chi connectivity index (χ0v) is 12.8. The summed E-state index contributed by atoms with van der Waals surface area (Å²) in [7, 11) is 0. The van der Waals surface area contributed by atoms with Gasteiger partial charge in [0.05, 0.1) is 0 Å². The summed E-state index contributed by atoms with van der Waals surface area (Å²) in [6.07, 6.45) is 2.06. The summed E-state index contributed by atoms with van der Waals surface area (Å²) in [6, 6.07) is 13.2. The maximum Gasteiger partial charge on any atom is 0.169 e. The van der Waals surface area contributed by atoms with Crippen LogP contribution in [0.1, 0.15) is 15.9 Å². The molecular formula is C16H11BrClNO. The van der Waals surface area contributed by atoms with Crippen LogP contribution in [-0.4, -0.2) is 10.8 Å². The smallest absolute Gasteiger partial charge is 0.169 e. The first-order valence-corrected chi connectivity index (χ1v) is 7.36. The first-order valence-electron chi connectivity index (χ1n) is 6.19. The average Bonchev–Trinajstić information content (AvgIpc) is 2.87. The second kappa shape index (κ2) is 5.43. The molecule has 2 aromatic carbocycles. The largest absolute Gasteiger partial charge is 0.360 e. The Kier molecular flexibility index (Phi) is 3.64. The Morgan fingerprint density at radius 1 is 1.15 bits per heavy atom. The summed E-state index contributed by atoms with van der Waals surface area (Å²) < 4.78 is 0.916. The topological polar surface area (TPSA) is 32.9 Å². The lowest BCUT2D eigenvalue weighted by Gasteiger charge is -2.03. The van der Waals surface area contributed by atoms with Crippen LogP contribution in [-0.2, 0) is 6.42 Å². The van der Waals surface area contributed by atoms with Crippen LogP contribution in [0.15, 0.2) is 53.1 Å². The van der Waals surface area contributed by atoms with Gasteiger partial charge in [-0.1, -0.05) is 51.8 Å². The highest BCUT2D eigenvalue weighted by Gasteiger charge is 2.15. The first-order chi connectivity index (χ1) is 9.66. The monoisotopic (exact) mass is 347 g/mol. The number of fused-ring (bicyclic) bond motifs is 1. The van der Waals surface area contributed by atoms with Crippen LogP contribution in [0.2, 0.25) is 5.02 Å². The summed E-state index contributed by atoms with van der Waals surface area (Å²) in [6.45, 7) is 0. The lowest BCUT2D eigenvalue weighted by molar-refractivity contribution is 0.0994. The molecule has 0 fully saturated rings. The fourth-order valence-electron chi connectivity index (χ4n) is 2.27. The maximum absolute atomic E-state index is 12.5. The molecule has 20 heavy (non-hydrogen) atoms. The molecule has 0 aliphatic carbocycles. The van der Waals surface area contributed by atoms with Gasteiger partial charge in [0.15, 0.2) is 5.78 Å². The van der Waals surface area contributed by atoms with Gasteiger partial charge in [-0.25, -0.2) is 0 Å². The van der Waals surface area contributed by atoms with Gasteiger partial charge < -0.3 is 4.98 Å². The van der Waals surface area contributed by atoms with Crippen LogP contribution >= 0.6 is 27.5 Å². The Morgan fingerprint density at radius 2 is 1.95 bits per heavy atom. The van der Waals surface area contributed by atoms with Gasteiger partial charge in [-0.15, -0.1) is 0 Å². The molecule has 2 nitrogen and oxygen atoms in total. The molecule has 0 aliphatic heterocycles. The van der Waals surface area contributed by atoms with E-state index in [-0.39, 0.29) is 5.78 Å². The zero-order chi connectivity index (χ0) is 14.1. The lowest BCUT2D eigenvalue weighted by atomic mass is 10.0. The van der Waals surface area contributed by atoms with Crippen molar-refractivity contribution in [2.24, 2.45) is 0 Å². The van der Waals surface area contributed by atoms with Crippen LogP contribution in [0, 0.1) is 0 Å². The Hall–Kier alpha value is -1.58. The van der Waals surface area contributed by atoms with Crippen LogP contribution < -0.4 is 0 Å². The highest BCUT2D eigenvalue weighted by molar-refractivity contribution is 9.10. The highest BCUT2D eigenvalue weighted by atomic mass is 79.9. The number of Topliss-reactive ketones (excluding diaryl/α,β-unsaturated/α-hetero) is 1. The number of H-pyrrole nitrogens is 1. The molecule has 0 radical (unpaired) electrons. The molecule has 0 amide bonds. The Morgan fingerprint density at radius 3 is 2.75 bits per heavy atom. The third-order valence-electron chi connectivity index (χ3n) is 3.26. The predicted octanol–water partition coefficient (Wildman–Crippen LogP) is 5.01. The normalized spacial score (nSPS) is 10.9. The van der Waals surface area contributed by atoms with Gasteiger partial charge in [0.1, 0.15) is 0 Å². The minimum absolute atomic E-state index is 0.0521. The van der Waals surface area contributed by atoms with E-state index in [4.69, 9.17) is 11.6 Å². The summed E-state index contributed by atoms with van der Waals surface area (Å²) in [5.74, 6) is 0.0521. The molecule has 1 N–H and O–H groups in total. The number of aromatic amines is 1. The minimum Gasteiger partial charge on any atom is -0.360 e. The standard InChI is InChI=1S/C16H11BrClNO/c17-12-5-3-7-14-16(12)11(9-19-14)15(20)8-10-4-1-2-6-13(10)18/h1-7,9,19H,8H2. The number of hydrogen-bond donors (Lipinski definition) is 1. The van der Waals surface area contributed by atoms with Crippen molar-refractivity contribution in [1.29, 1.82) is 0 Å². The van der Waals surface area contributed by atoms with Crippen molar-refractivity contribution in [3.05, 3.63) is 69.3 Å². The fourth-order valence-corrected chi connectivity index (χ4v) is 3.05. The van der Waals surface area contributed by atoms with E-state index in [0.29, 0.717) is 17.0 Å².